The van der Waals surface area contributed by atoms with E-state index in [4.69, 9.17) is 4.74 Å². The van der Waals surface area contributed by atoms with E-state index in [-0.39, 0.29) is 30.1 Å². The topological polar surface area (TPSA) is 70.7 Å². The minimum atomic E-state index is 0.00862. The van der Waals surface area contributed by atoms with Crippen molar-refractivity contribution in [2.24, 2.45) is 0 Å². The van der Waals surface area contributed by atoms with Crippen molar-refractivity contribution in [3.63, 3.8) is 0 Å². The summed E-state index contributed by atoms with van der Waals surface area (Å²) in [6.45, 7) is 6.17. The molecule has 2 heterocycles. The molecule has 1 aromatic rings. The first-order chi connectivity index (χ1) is 12.0. The number of hydrogen-bond acceptors (Lipinski definition) is 4. The second-order valence-corrected chi connectivity index (χ2v) is 7.09. The number of amides is 2. The van der Waals surface area contributed by atoms with Crippen LogP contribution in [-0.4, -0.2) is 54.6 Å². The summed E-state index contributed by atoms with van der Waals surface area (Å²) in [5, 5.41) is 6.22. The maximum absolute atomic E-state index is 12.6. The van der Waals surface area contributed by atoms with Crippen LogP contribution >= 0.6 is 0 Å². The van der Waals surface area contributed by atoms with Crippen LogP contribution in [0.15, 0.2) is 24.3 Å². The monoisotopic (exact) mass is 345 g/mol. The van der Waals surface area contributed by atoms with Crippen LogP contribution < -0.4 is 10.6 Å². The highest BCUT2D eigenvalue weighted by molar-refractivity contribution is 5.96. The average molecular weight is 345 g/mol. The molecule has 2 fully saturated rings. The normalized spacial score (nSPS) is 26.5. The Kier molecular flexibility index (Phi) is 5.71. The minimum Gasteiger partial charge on any atom is -0.372 e. The van der Waals surface area contributed by atoms with Crippen LogP contribution in [-0.2, 0) is 9.53 Å². The van der Waals surface area contributed by atoms with Crippen LogP contribution in [0, 0.1) is 0 Å². The summed E-state index contributed by atoms with van der Waals surface area (Å²) in [6, 6.07) is 7.42. The van der Waals surface area contributed by atoms with Crippen molar-refractivity contribution in [2.45, 2.75) is 51.4 Å². The molecule has 1 aromatic carbocycles. The third-order valence-corrected chi connectivity index (χ3v) is 4.72. The second-order valence-electron chi connectivity index (χ2n) is 7.09. The van der Waals surface area contributed by atoms with E-state index in [0.29, 0.717) is 25.1 Å². The third kappa shape index (κ3) is 4.80. The molecule has 2 amide bonds. The number of benzene rings is 1. The Morgan fingerprint density at radius 1 is 1.20 bits per heavy atom. The molecule has 25 heavy (non-hydrogen) atoms. The fourth-order valence-corrected chi connectivity index (χ4v) is 3.59. The van der Waals surface area contributed by atoms with Gasteiger partial charge in [0.2, 0.25) is 5.91 Å². The Bertz CT molecular complexity index is 601. The highest BCUT2D eigenvalue weighted by Crippen LogP contribution is 2.17. The molecule has 3 atom stereocenters. The first-order valence-electron chi connectivity index (χ1n) is 9.09. The zero-order valence-electron chi connectivity index (χ0n) is 15.0. The van der Waals surface area contributed by atoms with Crippen LogP contribution in [0.3, 0.4) is 0 Å². The lowest BCUT2D eigenvalue weighted by molar-refractivity contribution is -0.116. The van der Waals surface area contributed by atoms with Gasteiger partial charge in [-0.1, -0.05) is 0 Å². The predicted molar refractivity (Wildman–Crippen MR) is 96.6 cm³/mol. The third-order valence-electron chi connectivity index (χ3n) is 4.72. The molecule has 2 saturated heterocycles. The molecule has 6 nitrogen and oxygen atoms in total. The summed E-state index contributed by atoms with van der Waals surface area (Å²) >= 11 is 0. The van der Waals surface area contributed by atoms with Gasteiger partial charge in [0, 0.05) is 36.8 Å². The Morgan fingerprint density at radius 2 is 1.88 bits per heavy atom. The minimum absolute atomic E-state index is 0.00862. The van der Waals surface area contributed by atoms with Crippen molar-refractivity contribution in [1.29, 1.82) is 0 Å². The molecule has 6 heteroatoms. The molecule has 0 radical (unpaired) electrons. The fraction of sp³-hybridized carbons (Fsp3) is 0.579. The molecule has 2 aliphatic rings. The Hall–Kier alpha value is -1.92. The van der Waals surface area contributed by atoms with E-state index in [0.717, 1.165) is 25.1 Å². The van der Waals surface area contributed by atoms with Gasteiger partial charge in [-0.05, 0) is 57.5 Å². The van der Waals surface area contributed by atoms with Crippen molar-refractivity contribution in [2.75, 3.05) is 25.0 Å². The molecule has 0 aromatic heterocycles. The number of nitrogens with one attached hydrogen (secondary N) is 2. The lowest BCUT2D eigenvalue weighted by Crippen LogP contribution is -2.48. The van der Waals surface area contributed by atoms with Gasteiger partial charge < -0.3 is 20.3 Å². The maximum atomic E-state index is 12.6. The maximum Gasteiger partial charge on any atom is 0.254 e. The molecular weight excluding hydrogens is 318 g/mol. The molecule has 0 bridgehead atoms. The lowest BCUT2D eigenvalue weighted by Gasteiger charge is -2.35. The summed E-state index contributed by atoms with van der Waals surface area (Å²) < 4.78 is 5.67. The molecule has 2 aliphatic heterocycles. The van der Waals surface area contributed by atoms with E-state index < -0.39 is 0 Å². The molecule has 136 valence electrons. The van der Waals surface area contributed by atoms with Gasteiger partial charge in [0.1, 0.15) is 0 Å². The Morgan fingerprint density at radius 3 is 2.48 bits per heavy atom. The van der Waals surface area contributed by atoms with Gasteiger partial charge in [0.25, 0.3) is 5.91 Å². The van der Waals surface area contributed by atoms with Gasteiger partial charge in [-0.3, -0.25) is 9.59 Å². The average Bonchev–Trinajstić information content (AvgIpc) is 3.07. The van der Waals surface area contributed by atoms with E-state index >= 15 is 0 Å². The van der Waals surface area contributed by atoms with Crippen molar-refractivity contribution >= 4 is 17.5 Å². The largest absolute Gasteiger partial charge is 0.372 e. The lowest BCUT2D eigenvalue weighted by atomic mass is 10.1. The summed E-state index contributed by atoms with van der Waals surface area (Å²) in [5.41, 5.74) is 1.36. The number of nitrogens with zero attached hydrogens (tertiary/aromatic N) is 1. The van der Waals surface area contributed by atoms with Gasteiger partial charge in [0.15, 0.2) is 0 Å². The summed E-state index contributed by atoms with van der Waals surface area (Å²) in [5.74, 6) is 0.0179. The summed E-state index contributed by atoms with van der Waals surface area (Å²) in [4.78, 5) is 26.5. The number of morpholine rings is 1. The second kappa shape index (κ2) is 7.97. The van der Waals surface area contributed by atoms with Crippen molar-refractivity contribution in [3.8, 4) is 0 Å². The molecule has 3 rings (SSSR count). The van der Waals surface area contributed by atoms with Gasteiger partial charge in [0.05, 0.1) is 12.2 Å². The molecule has 3 unspecified atom stereocenters. The van der Waals surface area contributed by atoms with Crippen LogP contribution in [0.25, 0.3) is 0 Å². The highest BCUT2D eigenvalue weighted by atomic mass is 16.5. The quantitative estimate of drug-likeness (QED) is 0.876. The van der Waals surface area contributed by atoms with Gasteiger partial charge in [-0.2, -0.15) is 0 Å². The van der Waals surface area contributed by atoms with Gasteiger partial charge >= 0.3 is 0 Å². The Labute approximate surface area is 148 Å². The SMILES string of the molecule is CC1CN(C(=O)c2ccc(NC(=O)CC3CCCN3)cc2)CC(C)O1. The molecule has 0 aliphatic carbocycles. The molecule has 0 saturated carbocycles. The van der Waals surface area contributed by atoms with Crippen LogP contribution in [0.5, 0.6) is 0 Å². The number of hydrogen-bond donors (Lipinski definition) is 2. The van der Waals surface area contributed by atoms with E-state index in [1.807, 2.05) is 18.7 Å². The van der Waals surface area contributed by atoms with Gasteiger partial charge in [-0.15, -0.1) is 0 Å². The number of anilines is 1. The van der Waals surface area contributed by atoms with E-state index in [1.165, 1.54) is 0 Å². The number of rotatable bonds is 4. The number of ether oxygens (including phenoxy) is 1. The molecule has 0 spiro atoms. The van der Waals surface area contributed by atoms with Gasteiger partial charge in [-0.25, -0.2) is 0 Å². The first kappa shape index (κ1) is 17.9. The standard InChI is InChI=1S/C19H27N3O3/c1-13-11-22(12-14(2)25-13)19(24)15-5-7-16(8-6-15)21-18(23)10-17-4-3-9-20-17/h5-8,13-14,17,20H,3-4,9-12H2,1-2H3,(H,21,23). The molecule has 2 N–H and O–H groups in total. The van der Waals surface area contributed by atoms with E-state index in [9.17, 15) is 9.59 Å². The van der Waals surface area contributed by atoms with Crippen molar-refractivity contribution in [3.05, 3.63) is 29.8 Å². The predicted octanol–water partition coefficient (Wildman–Crippen LogP) is 2.02. The Balaban J connectivity index is 1.56. The number of carbonyl (C=O) groups is 2. The number of carbonyl (C=O) groups excluding carboxylic acids is 2. The molecular formula is C19H27N3O3. The van der Waals surface area contributed by atoms with Crippen LogP contribution in [0.1, 0.15) is 43.5 Å². The summed E-state index contributed by atoms with van der Waals surface area (Å²) in [6.07, 6.45) is 2.78. The van der Waals surface area contributed by atoms with Crippen molar-refractivity contribution in [1.82, 2.24) is 10.2 Å². The summed E-state index contributed by atoms with van der Waals surface area (Å²) in [7, 11) is 0. The highest BCUT2D eigenvalue weighted by Gasteiger charge is 2.26. The zero-order valence-corrected chi connectivity index (χ0v) is 15.0. The fourth-order valence-electron chi connectivity index (χ4n) is 3.59. The van der Waals surface area contributed by atoms with E-state index in [1.54, 1.807) is 24.3 Å². The van der Waals surface area contributed by atoms with Crippen LogP contribution in [0.2, 0.25) is 0 Å². The smallest absolute Gasteiger partial charge is 0.254 e. The van der Waals surface area contributed by atoms with Crippen LogP contribution in [0.4, 0.5) is 5.69 Å². The van der Waals surface area contributed by atoms with E-state index in [2.05, 4.69) is 10.6 Å². The zero-order chi connectivity index (χ0) is 17.8. The van der Waals surface area contributed by atoms with Crippen molar-refractivity contribution < 1.29 is 14.3 Å². The first-order valence-corrected chi connectivity index (χ1v) is 9.09.